The molecule has 0 aromatic rings. The van der Waals surface area contributed by atoms with Crippen LogP contribution in [0.2, 0.25) is 0 Å². The first-order valence-electron chi connectivity index (χ1n) is 7.06. The molecule has 1 unspecified atom stereocenters. The van der Waals surface area contributed by atoms with E-state index in [1.165, 1.54) is 4.90 Å². The lowest BCUT2D eigenvalue weighted by atomic mass is 9.98. The summed E-state index contributed by atoms with van der Waals surface area (Å²) >= 11 is 0. The Morgan fingerprint density at radius 2 is 2.00 bits per heavy atom. The average Bonchev–Trinajstić information content (AvgIpc) is 2.38. The predicted octanol–water partition coefficient (Wildman–Crippen LogP) is 0.915. The van der Waals surface area contributed by atoms with Gasteiger partial charge in [-0.05, 0) is 19.3 Å². The number of rotatable bonds is 7. The van der Waals surface area contributed by atoms with Crippen molar-refractivity contribution in [3.05, 3.63) is 0 Å². The van der Waals surface area contributed by atoms with E-state index in [9.17, 15) is 18.0 Å². The predicted molar refractivity (Wildman–Crippen MR) is 75.1 cm³/mol. The van der Waals surface area contributed by atoms with E-state index < -0.39 is 33.4 Å². The van der Waals surface area contributed by atoms with Crippen LogP contribution >= 0.6 is 0 Å². The van der Waals surface area contributed by atoms with E-state index in [0.717, 1.165) is 12.8 Å². The molecular weight excluding hydrogens is 282 g/mol. The van der Waals surface area contributed by atoms with E-state index in [4.69, 9.17) is 5.11 Å². The Morgan fingerprint density at radius 3 is 2.60 bits per heavy atom. The second-order valence-corrected chi connectivity index (χ2v) is 7.50. The van der Waals surface area contributed by atoms with Gasteiger partial charge < -0.3 is 10.0 Å². The molecule has 1 fully saturated rings. The van der Waals surface area contributed by atoms with Crippen LogP contribution < -0.4 is 0 Å². The first-order chi connectivity index (χ1) is 9.35. The molecule has 1 rings (SSSR count). The first-order valence-corrected chi connectivity index (χ1v) is 8.89. The van der Waals surface area contributed by atoms with Crippen molar-refractivity contribution in [2.24, 2.45) is 5.92 Å². The second kappa shape index (κ2) is 7.61. The summed E-state index contributed by atoms with van der Waals surface area (Å²) in [4.78, 5) is 24.3. The van der Waals surface area contributed by atoms with E-state index >= 15 is 0 Å². The molecule has 0 aromatic carbocycles. The Labute approximate surface area is 120 Å². The number of carboxylic acids is 1. The van der Waals surface area contributed by atoms with Gasteiger partial charge in [0.2, 0.25) is 5.91 Å². The van der Waals surface area contributed by atoms with Crippen LogP contribution in [0.1, 0.15) is 39.0 Å². The highest BCUT2D eigenvalue weighted by Gasteiger charge is 2.29. The number of carbonyl (C=O) groups is 2. The lowest BCUT2D eigenvalue weighted by Gasteiger charge is -2.30. The number of amides is 1. The van der Waals surface area contributed by atoms with Crippen LogP contribution in [0.4, 0.5) is 0 Å². The van der Waals surface area contributed by atoms with Gasteiger partial charge in [0.1, 0.15) is 5.75 Å². The zero-order valence-corrected chi connectivity index (χ0v) is 12.7. The quantitative estimate of drug-likeness (QED) is 0.706. The minimum absolute atomic E-state index is 0.0305. The number of unbranched alkanes of at least 4 members (excludes halogenated alkanes) is 2. The molecule has 1 aliphatic heterocycles. The van der Waals surface area contributed by atoms with Crippen molar-refractivity contribution >= 4 is 21.7 Å². The molecule has 0 saturated carbocycles. The van der Waals surface area contributed by atoms with Crippen molar-refractivity contribution in [3.63, 3.8) is 0 Å². The third-order valence-corrected chi connectivity index (χ3v) is 5.12. The molecule has 1 atom stereocenters. The number of aliphatic carboxylic acids is 1. The van der Waals surface area contributed by atoms with Crippen molar-refractivity contribution in [1.82, 2.24) is 4.90 Å². The molecule has 7 heteroatoms. The van der Waals surface area contributed by atoms with Crippen LogP contribution in [0.3, 0.4) is 0 Å². The van der Waals surface area contributed by atoms with E-state index in [0.29, 0.717) is 25.8 Å². The van der Waals surface area contributed by atoms with Gasteiger partial charge in [0.05, 0.1) is 11.7 Å². The fraction of sp³-hybridized carbons (Fsp3) is 0.846. The molecule has 0 aliphatic carbocycles. The lowest BCUT2D eigenvalue weighted by molar-refractivity contribution is -0.145. The Balaban J connectivity index is 2.51. The minimum Gasteiger partial charge on any atom is -0.481 e. The third-order valence-electron chi connectivity index (χ3n) is 3.53. The molecule has 0 radical (unpaired) electrons. The number of hydrogen-bond donors (Lipinski definition) is 1. The maximum Gasteiger partial charge on any atom is 0.308 e. The Kier molecular flexibility index (Phi) is 6.45. The summed E-state index contributed by atoms with van der Waals surface area (Å²) in [5, 5.41) is 8.96. The summed E-state index contributed by atoms with van der Waals surface area (Å²) in [5.74, 6) is -2.43. The molecule has 0 bridgehead atoms. The molecule has 6 nitrogen and oxygen atoms in total. The van der Waals surface area contributed by atoms with Crippen LogP contribution in [0.25, 0.3) is 0 Å². The van der Waals surface area contributed by atoms with Crippen LogP contribution in [0, 0.1) is 5.92 Å². The number of likely N-dealkylation sites (tertiary alicyclic amines) is 1. The van der Waals surface area contributed by atoms with Gasteiger partial charge in [-0.1, -0.05) is 19.8 Å². The fourth-order valence-electron chi connectivity index (χ4n) is 2.33. The molecule has 20 heavy (non-hydrogen) atoms. The molecule has 1 amide bonds. The summed E-state index contributed by atoms with van der Waals surface area (Å²) in [6.45, 7) is 2.56. The molecule has 0 aromatic heterocycles. The summed E-state index contributed by atoms with van der Waals surface area (Å²) in [6, 6.07) is 0. The number of piperidine rings is 1. The van der Waals surface area contributed by atoms with E-state index in [1.807, 2.05) is 6.92 Å². The summed E-state index contributed by atoms with van der Waals surface area (Å²) in [7, 11) is -3.38. The number of nitrogens with zero attached hydrogens (tertiary/aromatic N) is 1. The van der Waals surface area contributed by atoms with Crippen molar-refractivity contribution in [2.75, 3.05) is 24.6 Å². The van der Waals surface area contributed by atoms with Gasteiger partial charge in [-0.3, -0.25) is 9.59 Å². The zero-order chi connectivity index (χ0) is 15.2. The fourth-order valence-corrected chi connectivity index (χ4v) is 3.68. The maximum atomic E-state index is 12.0. The van der Waals surface area contributed by atoms with Gasteiger partial charge in [-0.2, -0.15) is 0 Å². The summed E-state index contributed by atoms with van der Waals surface area (Å²) in [5.41, 5.74) is 0. The van der Waals surface area contributed by atoms with E-state index in [2.05, 4.69) is 0 Å². The Hall–Kier alpha value is -1.11. The monoisotopic (exact) mass is 305 g/mol. The second-order valence-electron chi connectivity index (χ2n) is 5.32. The number of carboxylic acid groups (broad SMARTS) is 1. The first kappa shape index (κ1) is 16.9. The van der Waals surface area contributed by atoms with Crippen molar-refractivity contribution in [1.29, 1.82) is 0 Å². The number of carbonyl (C=O) groups excluding carboxylic acids is 1. The zero-order valence-electron chi connectivity index (χ0n) is 11.9. The molecule has 0 spiro atoms. The molecule has 1 heterocycles. The molecular formula is C13H23NO5S. The smallest absolute Gasteiger partial charge is 0.308 e. The van der Waals surface area contributed by atoms with Crippen LogP contribution in [0.15, 0.2) is 0 Å². The molecule has 1 N–H and O–H groups in total. The maximum absolute atomic E-state index is 12.0. The van der Waals surface area contributed by atoms with E-state index in [1.54, 1.807) is 0 Å². The third kappa shape index (κ3) is 5.48. The summed E-state index contributed by atoms with van der Waals surface area (Å²) < 4.78 is 23.6. The molecule has 116 valence electrons. The number of sulfone groups is 1. The highest BCUT2D eigenvalue weighted by Crippen LogP contribution is 2.17. The van der Waals surface area contributed by atoms with Crippen molar-refractivity contribution in [2.45, 2.75) is 39.0 Å². The van der Waals surface area contributed by atoms with Crippen LogP contribution in [-0.2, 0) is 19.4 Å². The van der Waals surface area contributed by atoms with Gasteiger partial charge in [0, 0.05) is 13.1 Å². The van der Waals surface area contributed by atoms with Crippen LogP contribution in [-0.4, -0.2) is 54.9 Å². The Bertz CT molecular complexity index is 446. The van der Waals surface area contributed by atoms with E-state index in [-0.39, 0.29) is 12.3 Å². The average molecular weight is 305 g/mol. The SMILES string of the molecule is CCCCCS(=O)(=O)CC(=O)N1CCCC(C(=O)O)C1. The lowest BCUT2D eigenvalue weighted by Crippen LogP contribution is -2.44. The molecule has 1 saturated heterocycles. The number of hydrogen-bond acceptors (Lipinski definition) is 4. The topological polar surface area (TPSA) is 91.8 Å². The van der Waals surface area contributed by atoms with Gasteiger partial charge >= 0.3 is 5.97 Å². The summed E-state index contributed by atoms with van der Waals surface area (Å²) in [6.07, 6.45) is 3.49. The highest BCUT2D eigenvalue weighted by atomic mass is 32.2. The Morgan fingerprint density at radius 1 is 1.30 bits per heavy atom. The minimum atomic E-state index is -3.38. The molecule has 1 aliphatic rings. The standard InChI is InChI=1S/C13H23NO5S/c1-2-3-4-8-20(18,19)10-12(15)14-7-5-6-11(9-14)13(16)17/h11H,2-10H2,1H3,(H,16,17). The van der Waals surface area contributed by atoms with Crippen molar-refractivity contribution < 1.29 is 23.1 Å². The largest absolute Gasteiger partial charge is 0.481 e. The van der Waals surface area contributed by atoms with Crippen molar-refractivity contribution in [3.8, 4) is 0 Å². The van der Waals surface area contributed by atoms with Gasteiger partial charge in [-0.25, -0.2) is 8.42 Å². The van der Waals surface area contributed by atoms with Gasteiger partial charge in [-0.15, -0.1) is 0 Å². The van der Waals surface area contributed by atoms with Gasteiger partial charge in [0.25, 0.3) is 0 Å². The van der Waals surface area contributed by atoms with Crippen LogP contribution in [0.5, 0.6) is 0 Å². The normalized spacial score (nSPS) is 19.9. The highest BCUT2D eigenvalue weighted by molar-refractivity contribution is 7.92. The van der Waals surface area contributed by atoms with Gasteiger partial charge in [0.15, 0.2) is 9.84 Å².